The minimum absolute atomic E-state index is 0.148. The molecule has 2 rings (SSSR count). The van der Waals surface area contributed by atoms with Gasteiger partial charge < -0.3 is 10.2 Å². The molecule has 15 heavy (non-hydrogen) atoms. The molecule has 0 fully saturated rings. The fraction of sp³-hybridized carbons (Fsp3) is 0.222. The van der Waals surface area contributed by atoms with Gasteiger partial charge in [-0.25, -0.2) is 14.6 Å². The van der Waals surface area contributed by atoms with Gasteiger partial charge in [-0.1, -0.05) is 0 Å². The van der Waals surface area contributed by atoms with Gasteiger partial charge in [0.15, 0.2) is 12.1 Å². The molecule has 0 saturated carbocycles. The fourth-order valence-electron chi connectivity index (χ4n) is 1.23. The summed E-state index contributed by atoms with van der Waals surface area (Å²) in [6, 6.07) is 3.31. The lowest BCUT2D eigenvalue weighted by Gasteiger charge is -2.06. The summed E-state index contributed by atoms with van der Waals surface area (Å²) in [5.41, 5.74) is 1.06. The van der Waals surface area contributed by atoms with Crippen LogP contribution < -0.4 is 0 Å². The van der Waals surface area contributed by atoms with Crippen molar-refractivity contribution in [2.24, 2.45) is 0 Å². The zero-order chi connectivity index (χ0) is 10.8. The lowest BCUT2D eigenvalue weighted by molar-refractivity contribution is -0.0459. The molecule has 0 aliphatic heterocycles. The van der Waals surface area contributed by atoms with E-state index in [0.29, 0.717) is 5.82 Å². The molecule has 6 heteroatoms. The number of aromatic nitrogens is 4. The van der Waals surface area contributed by atoms with Crippen molar-refractivity contribution in [3.05, 3.63) is 36.0 Å². The summed E-state index contributed by atoms with van der Waals surface area (Å²) in [4.78, 5) is 7.72. The van der Waals surface area contributed by atoms with E-state index in [0.717, 1.165) is 5.69 Å². The van der Waals surface area contributed by atoms with Crippen molar-refractivity contribution in [2.45, 2.75) is 13.2 Å². The zero-order valence-electron chi connectivity index (χ0n) is 8.07. The van der Waals surface area contributed by atoms with Gasteiger partial charge in [0.25, 0.3) is 0 Å². The Kier molecular flexibility index (Phi) is 2.44. The smallest absolute Gasteiger partial charge is 0.196 e. The van der Waals surface area contributed by atoms with Crippen LogP contribution in [0.5, 0.6) is 0 Å². The second kappa shape index (κ2) is 3.76. The number of rotatable bonds is 2. The van der Waals surface area contributed by atoms with Crippen LogP contribution >= 0.6 is 0 Å². The molecule has 2 N–H and O–H groups in total. The summed E-state index contributed by atoms with van der Waals surface area (Å²) in [6.45, 7) is 1.88. The van der Waals surface area contributed by atoms with Crippen LogP contribution in [0.25, 0.3) is 5.82 Å². The predicted molar refractivity (Wildman–Crippen MR) is 51.1 cm³/mol. The van der Waals surface area contributed by atoms with Crippen molar-refractivity contribution in [1.29, 1.82) is 0 Å². The van der Waals surface area contributed by atoms with Crippen LogP contribution in [0.1, 0.15) is 17.7 Å². The molecule has 0 bridgehead atoms. The van der Waals surface area contributed by atoms with Crippen LogP contribution in [0.2, 0.25) is 0 Å². The summed E-state index contributed by atoms with van der Waals surface area (Å²) < 4.78 is 1.59. The van der Waals surface area contributed by atoms with Crippen molar-refractivity contribution in [3.8, 4) is 5.82 Å². The van der Waals surface area contributed by atoms with E-state index in [-0.39, 0.29) is 5.69 Å². The Morgan fingerprint density at radius 2 is 2.13 bits per heavy atom. The highest BCUT2D eigenvalue weighted by molar-refractivity contribution is 5.25. The minimum Gasteiger partial charge on any atom is -0.363 e. The predicted octanol–water partition coefficient (Wildman–Crippen LogP) is -0.0461. The van der Waals surface area contributed by atoms with Gasteiger partial charge in [0.2, 0.25) is 0 Å². The average molecular weight is 206 g/mol. The molecule has 0 aromatic carbocycles. The maximum absolute atomic E-state index is 8.95. The summed E-state index contributed by atoms with van der Waals surface area (Å²) in [5, 5.41) is 22.0. The summed E-state index contributed by atoms with van der Waals surface area (Å²) >= 11 is 0. The Morgan fingerprint density at radius 1 is 1.33 bits per heavy atom. The molecule has 2 heterocycles. The summed E-state index contributed by atoms with van der Waals surface area (Å²) in [7, 11) is 0. The van der Waals surface area contributed by atoms with E-state index in [1.807, 2.05) is 13.0 Å². The van der Waals surface area contributed by atoms with Gasteiger partial charge in [-0.2, -0.15) is 5.10 Å². The molecule has 0 aliphatic rings. The van der Waals surface area contributed by atoms with Gasteiger partial charge >= 0.3 is 0 Å². The molecule has 0 spiro atoms. The fourth-order valence-corrected chi connectivity index (χ4v) is 1.23. The van der Waals surface area contributed by atoms with Gasteiger partial charge in [0.05, 0.1) is 0 Å². The van der Waals surface area contributed by atoms with Crippen molar-refractivity contribution < 1.29 is 10.2 Å². The highest BCUT2D eigenvalue weighted by Gasteiger charge is 2.08. The van der Waals surface area contributed by atoms with Crippen LogP contribution in [-0.4, -0.2) is 30.0 Å². The molecule has 0 unspecified atom stereocenters. The first-order chi connectivity index (χ1) is 7.18. The van der Waals surface area contributed by atoms with E-state index in [1.54, 1.807) is 10.9 Å². The van der Waals surface area contributed by atoms with E-state index in [9.17, 15) is 0 Å². The van der Waals surface area contributed by atoms with E-state index >= 15 is 0 Å². The molecule has 0 radical (unpaired) electrons. The summed E-state index contributed by atoms with van der Waals surface area (Å²) in [6.07, 6.45) is 1.32. The molecule has 2 aromatic heterocycles. The van der Waals surface area contributed by atoms with Gasteiger partial charge in [0.1, 0.15) is 12.0 Å². The van der Waals surface area contributed by atoms with Crippen LogP contribution in [0.15, 0.2) is 24.7 Å². The lowest BCUT2D eigenvalue weighted by atomic mass is 10.3. The SMILES string of the molecule is Cc1ccnn1-c1cc(C(O)O)ncn1. The largest absolute Gasteiger partial charge is 0.363 e. The van der Waals surface area contributed by atoms with Crippen molar-refractivity contribution >= 4 is 0 Å². The Bertz CT molecular complexity index is 467. The van der Waals surface area contributed by atoms with Crippen LogP contribution in [0.3, 0.4) is 0 Å². The van der Waals surface area contributed by atoms with Gasteiger partial charge in [-0.05, 0) is 13.0 Å². The zero-order valence-corrected chi connectivity index (χ0v) is 8.07. The number of aliphatic hydroxyl groups is 2. The highest BCUT2D eigenvalue weighted by atomic mass is 16.5. The first-order valence-corrected chi connectivity index (χ1v) is 4.37. The van der Waals surface area contributed by atoms with E-state index < -0.39 is 6.29 Å². The summed E-state index contributed by atoms with van der Waals surface area (Å²) in [5.74, 6) is 0.510. The van der Waals surface area contributed by atoms with E-state index in [1.165, 1.54) is 12.4 Å². The van der Waals surface area contributed by atoms with Crippen LogP contribution in [0, 0.1) is 6.92 Å². The second-order valence-corrected chi connectivity index (χ2v) is 3.06. The topological polar surface area (TPSA) is 84.1 Å². The second-order valence-electron chi connectivity index (χ2n) is 3.06. The van der Waals surface area contributed by atoms with Crippen molar-refractivity contribution in [3.63, 3.8) is 0 Å². The Balaban J connectivity index is 2.46. The highest BCUT2D eigenvalue weighted by Crippen LogP contribution is 2.11. The Labute approximate surface area is 85.9 Å². The maximum atomic E-state index is 8.95. The van der Waals surface area contributed by atoms with Crippen LogP contribution in [-0.2, 0) is 0 Å². The maximum Gasteiger partial charge on any atom is 0.196 e. The third-order valence-corrected chi connectivity index (χ3v) is 1.99. The number of aliphatic hydroxyl groups excluding tert-OH is 1. The first kappa shape index (κ1) is 9.75. The number of hydrogen-bond donors (Lipinski definition) is 2. The quantitative estimate of drug-likeness (QED) is 0.673. The third-order valence-electron chi connectivity index (χ3n) is 1.99. The molecule has 2 aromatic rings. The minimum atomic E-state index is -1.59. The Hall–Kier alpha value is -1.79. The number of aryl methyl sites for hydroxylation is 1. The van der Waals surface area contributed by atoms with E-state index in [4.69, 9.17) is 10.2 Å². The van der Waals surface area contributed by atoms with Gasteiger partial charge in [-0.3, -0.25) is 0 Å². The molecular weight excluding hydrogens is 196 g/mol. The number of hydrogen-bond acceptors (Lipinski definition) is 5. The van der Waals surface area contributed by atoms with Crippen molar-refractivity contribution in [2.75, 3.05) is 0 Å². The first-order valence-electron chi connectivity index (χ1n) is 4.37. The van der Waals surface area contributed by atoms with Gasteiger partial charge in [-0.15, -0.1) is 0 Å². The third kappa shape index (κ3) is 1.85. The Morgan fingerprint density at radius 3 is 2.73 bits per heavy atom. The molecular formula is C9H10N4O2. The molecule has 78 valence electrons. The monoisotopic (exact) mass is 206 g/mol. The molecule has 0 saturated heterocycles. The molecule has 0 amide bonds. The lowest BCUT2D eigenvalue weighted by Crippen LogP contribution is -2.06. The van der Waals surface area contributed by atoms with Crippen LogP contribution in [0.4, 0.5) is 0 Å². The standard InChI is InChI=1S/C9H10N4O2/c1-6-2-3-12-13(6)8-4-7(9(14)15)10-5-11-8/h2-5,9,14-15H,1H3. The van der Waals surface area contributed by atoms with E-state index in [2.05, 4.69) is 15.1 Å². The average Bonchev–Trinajstić information content (AvgIpc) is 2.64. The van der Waals surface area contributed by atoms with Gasteiger partial charge in [0, 0.05) is 18.0 Å². The molecule has 0 aliphatic carbocycles. The molecule has 0 atom stereocenters. The molecule has 6 nitrogen and oxygen atoms in total. The normalized spacial score (nSPS) is 10.9. The number of nitrogens with zero attached hydrogens (tertiary/aromatic N) is 4. The van der Waals surface area contributed by atoms with Crippen molar-refractivity contribution in [1.82, 2.24) is 19.7 Å².